The second-order valence-electron chi connectivity index (χ2n) is 5.02. The van der Waals surface area contributed by atoms with Crippen molar-refractivity contribution in [2.24, 2.45) is 0 Å². The van der Waals surface area contributed by atoms with Crippen LogP contribution in [0, 0.1) is 0 Å². The molecule has 7 heteroatoms. The zero-order chi connectivity index (χ0) is 16.3. The maximum Gasteiger partial charge on any atom is 0.335 e. The fourth-order valence-corrected chi connectivity index (χ4v) is 4.79. The van der Waals surface area contributed by atoms with Gasteiger partial charge in [-0.05, 0) is 19.4 Å². The van der Waals surface area contributed by atoms with E-state index in [0.717, 1.165) is 21.8 Å². The number of nitrogens with zero attached hydrogens (tertiary/aromatic N) is 2. The van der Waals surface area contributed by atoms with Crippen molar-refractivity contribution in [3.63, 3.8) is 0 Å². The van der Waals surface area contributed by atoms with E-state index in [0.29, 0.717) is 13.2 Å². The molecule has 0 unspecified atom stereocenters. The Morgan fingerprint density at radius 3 is 2.48 bits per heavy atom. The number of hydrogen-bond acceptors (Lipinski definition) is 5. The molecule has 0 amide bonds. The fourth-order valence-electron chi connectivity index (χ4n) is 2.39. The Balaban J connectivity index is 1.78. The molecule has 0 N–H and O–H groups in total. The first-order chi connectivity index (χ1) is 11.1. The molecule has 0 atom stereocenters. The first-order valence-corrected chi connectivity index (χ1v) is 10.1. The topological polar surface area (TPSA) is 52.8 Å². The van der Waals surface area contributed by atoms with Crippen molar-refractivity contribution in [1.82, 2.24) is 9.38 Å². The van der Waals surface area contributed by atoms with Gasteiger partial charge in [0.25, 0.3) is 0 Å². The lowest BCUT2D eigenvalue weighted by Gasteiger charge is -2.17. The van der Waals surface area contributed by atoms with E-state index in [1.807, 2.05) is 60.3 Å². The van der Waals surface area contributed by atoms with Crippen LogP contribution < -0.4 is 0 Å². The third-order valence-corrected chi connectivity index (χ3v) is 6.20. The molecule has 0 spiro atoms. The van der Waals surface area contributed by atoms with Gasteiger partial charge in [-0.25, -0.2) is 4.98 Å². The number of benzene rings is 1. The second kappa shape index (κ2) is 6.97. The number of aromatic nitrogens is 2. The lowest BCUT2D eigenvalue weighted by molar-refractivity contribution is 0.219. The predicted molar refractivity (Wildman–Crippen MR) is 93.1 cm³/mol. The number of fused-ring (bicyclic) bond motifs is 1. The van der Waals surface area contributed by atoms with Crippen LogP contribution in [0.15, 0.2) is 42.0 Å². The molecule has 0 fully saturated rings. The second-order valence-corrected chi connectivity index (χ2v) is 7.95. The third kappa shape index (κ3) is 3.72. The van der Waals surface area contributed by atoms with Crippen molar-refractivity contribution in [2.45, 2.75) is 20.0 Å². The van der Waals surface area contributed by atoms with Gasteiger partial charge in [-0.2, -0.15) is 0 Å². The summed E-state index contributed by atoms with van der Waals surface area (Å²) >= 11 is 1.61. The van der Waals surface area contributed by atoms with E-state index in [9.17, 15) is 4.57 Å². The van der Waals surface area contributed by atoms with Crippen LogP contribution in [-0.2, 0) is 19.8 Å². The van der Waals surface area contributed by atoms with Crippen molar-refractivity contribution < 1.29 is 13.6 Å². The highest BCUT2D eigenvalue weighted by molar-refractivity contribution is 7.53. The molecule has 1 aromatic carbocycles. The van der Waals surface area contributed by atoms with Crippen LogP contribution in [0.1, 0.15) is 19.4 Å². The summed E-state index contributed by atoms with van der Waals surface area (Å²) in [6.07, 6.45) is 4.28. The number of thiazole rings is 1. The maximum absolute atomic E-state index is 12.6. The van der Waals surface area contributed by atoms with Crippen molar-refractivity contribution in [3.8, 4) is 11.3 Å². The average Bonchev–Trinajstić information content (AvgIpc) is 3.09. The smallest absolute Gasteiger partial charge is 0.309 e. The number of hydrogen-bond donors (Lipinski definition) is 0. The first-order valence-electron chi connectivity index (χ1n) is 7.53. The highest BCUT2D eigenvalue weighted by atomic mass is 32.1. The SMILES string of the molecule is CCOP(=O)(Cc1ccc(-c2cn3ccsc3n2)cc1)OCC. The van der Waals surface area contributed by atoms with Gasteiger partial charge >= 0.3 is 7.60 Å². The van der Waals surface area contributed by atoms with Crippen LogP contribution in [0.3, 0.4) is 0 Å². The molecule has 0 saturated carbocycles. The van der Waals surface area contributed by atoms with Gasteiger partial charge in [0.15, 0.2) is 4.96 Å². The Bertz CT molecular complexity index is 787. The molecular weight excluding hydrogens is 331 g/mol. The van der Waals surface area contributed by atoms with Gasteiger partial charge in [-0.1, -0.05) is 24.3 Å². The summed E-state index contributed by atoms with van der Waals surface area (Å²) in [5.74, 6) is 0. The number of imidazole rings is 1. The van der Waals surface area contributed by atoms with Gasteiger partial charge in [-0.3, -0.25) is 8.97 Å². The largest absolute Gasteiger partial charge is 0.335 e. The summed E-state index contributed by atoms with van der Waals surface area (Å²) in [6, 6.07) is 7.88. The van der Waals surface area contributed by atoms with E-state index in [1.54, 1.807) is 11.3 Å². The van der Waals surface area contributed by atoms with Crippen molar-refractivity contribution in [1.29, 1.82) is 0 Å². The first kappa shape index (κ1) is 16.4. The molecule has 3 rings (SSSR count). The molecule has 3 aromatic rings. The highest BCUT2D eigenvalue weighted by Gasteiger charge is 2.23. The fraction of sp³-hybridized carbons (Fsp3) is 0.312. The molecule has 0 bridgehead atoms. The molecule has 0 aliphatic carbocycles. The van der Waals surface area contributed by atoms with Gasteiger partial charge in [0.05, 0.1) is 25.1 Å². The maximum atomic E-state index is 12.6. The minimum atomic E-state index is -3.06. The summed E-state index contributed by atoms with van der Waals surface area (Å²) in [4.78, 5) is 5.56. The zero-order valence-electron chi connectivity index (χ0n) is 13.1. The van der Waals surface area contributed by atoms with Crippen molar-refractivity contribution in [3.05, 3.63) is 47.6 Å². The van der Waals surface area contributed by atoms with Crippen LogP contribution in [-0.4, -0.2) is 22.6 Å². The average molecular weight is 350 g/mol. The molecule has 2 aromatic heterocycles. The monoisotopic (exact) mass is 350 g/mol. The molecule has 0 radical (unpaired) electrons. The van der Waals surface area contributed by atoms with E-state index in [1.165, 1.54) is 0 Å². The van der Waals surface area contributed by atoms with E-state index in [-0.39, 0.29) is 6.16 Å². The minimum absolute atomic E-state index is 0.285. The molecule has 5 nitrogen and oxygen atoms in total. The van der Waals surface area contributed by atoms with E-state index >= 15 is 0 Å². The third-order valence-electron chi connectivity index (χ3n) is 3.37. The van der Waals surface area contributed by atoms with Crippen LogP contribution in [0.2, 0.25) is 0 Å². The summed E-state index contributed by atoms with van der Waals surface area (Å²) in [6.45, 7) is 4.39. The zero-order valence-corrected chi connectivity index (χ0v) is 14.8. The van der Waals surface area contributed by atoms with E-state index in [2.05, 4.69) is 4.98 Å². The molecule has 0 aliphatic rings. The Labute approximate surface area is 139 Å². The Kier molecular flexibility index (Phi) is 4.97. The summed E-state index contributed by atoms with van der Waals surface area (Å²) in [5.41, 5.74) is 2.90. The lowest BCUT2D eigenvalue weighted by atomic mass is 10.1. The van der Waals surface area contributed by atoms with Gasteiger partial charge in [0, 0.05) is 23.3 Å². The van der Waals surface area contributed by atoms with E-state index in [4.69, 9.17) is 9.05 Å². The summed E-state index contributed by atoms with van der Waals surface area (Å²) in [5, 5.41) is 2.01. The normalized spacial score (nSPS) is 12.1. The Hall–Kier alpha value is -1.46. The Morgan fingerprint density at radius 2 is 1.87 bits per heavy atom. The predicted octanol–water partition coefficient (Wildman–Crippen LogP) is 4.83. The molecule has 2 heterocycles. The summed E-state index contributed by atoms with van der Waals surface area (Å²) < 4.78 is 25.2. The highest BCUT2D eigenvalue weighted by Crippen LogP contribution is 2.51. The molecule has 0 saturated heterocycles. The standard InChI is InChI=1S/C16H19N2O3PS/c1-3-20-22(19,21-4-2)12-13-5-7-14(8-6-13)15-11-18-9-10-23-16(18)17-15/h5-11H,3-4,12H2,1-2H3. The van der Waals surface area contributed by atoms with Gasteiger partial charge < -0.3 is 9.05 Å². The van der Waals surface area contributed by atoms with Crippen molar-refractivity contribution >= 4 is 23.9 Å². The van der Waals surface area contributed by atoms with Crippen LogP contribution in [0.25, 0.3) is 16.2 Å². The van der Waals surface area contributed by atoms with Gasteiger partial charge in [-0.15, -0.1) is 11.3 Å². The van der Waals surface area contributed by atoms with E-state index < -0.39 is 7.60 Å². The number of rotatable bonds is 7. The summed E-state index contributed by atoms with van der Waals surface area (Å²) in [7, 11) is -3.06. The molecule has 122 valence electrons. The minimum Gasteiger partial charge on any atom is -0.309 e. The Morgan fingerprint density at radius 1 is 1.17 bits per heavy atom. The lowest BCUT2D eigenvalue weighted by Crippen LogP contribution is -1.99. The van der Waals surface area contributed by atoms with Crippen LogP contribution in [0.5, 0.6) is 0 Å². The van der Waals surface area contributed by atoms with Gasteiger partial charge in [0.1, 0.15) is 0 Å². The quantitative estimate of drug-likeness (QED) is 0.573. The molecule has 0 aliphatic heterocycles. The van der Waals surface area contributed by atoms with Crippen molar-refractivity contribution in [2.75, 3.05) is 13.2 Å². The molecular formula is C16H19N2O3PS. The molecule has 23 heavy (non-hydrogen) atoms. The van der Waals surface area contributed by atoms with Crippen LogP contribution in [0.4, 0.5) is 0 Å². The van der Waals surface area contributed by atoms with Crippen LogP contribution >= 0.6 is 18.9 Å². The van der Waals surface area contributed by atoms with Gasteiger partial charge in [0.2, 0.25) is 0 Å².